The molecule has 1 aromatic rings. The van der Waals surface area contributed by atoms with Crippen LogP contribution in [0.25, 0.3) is 0 Å². The third kappa shape index (κ3) is 3.66. The molecule has 1 fully saturated rings. The van der Waals surface area contributed by atoms with Gasteiger partial charge in [-0.05, 0) is 25.2 Å². The fraction of sp³-hybridized carbons (Fsp3) is 0.750. The first-order chi connectivity index (χ1) is 9.22. The van der Waals surface area contributed by atoms with Crippen LogP contribution in [0, 0.1) is 11.8 Å². The third-order valence-corrected chi connectivity index (χ3v) is 3.58. The average molecular weight is 266 g/mol. The van der Waals surface area contributed by atoms with Gasteiger partial charge in [-0.15, -0.1) is 0 Å². The fourth-order valence-corrected chi connectivity index (χ4v) is 2.44. The Balaban J connectivity index is 2.00. The first-order valence-electron chi connectivity index (χ1n) is 6.82. The third-order valence-electron chi connectivity index (χ3n) is 3.58. The summed E-state index contributed by atoms with van der Waals surface area (Å²) in [6.07, 6.45) is 3.88. The number of ether oxygens (including phenoxy) is 1. The van der Waals surface area contributed by atoms with Crippen molar-refractivity contribution in [3.63, 3.8) is 0 Å². The predicted octanol–water partition coefficient (Wildman–Crippen LogP) is 1.40. The van der Waals surface area contributed by atoms with Crippen molar-refractivity contribution in [1.82, 2.24) is 15.0 Å². The van der Waals surface area contributed by atoms with Gasteiger partial charge in [0.15, 0.2) is 0 Å². The highest BCUT2D eigenvalue weighted by molar-refractivity contribution is 5.34. The van der Waals surface area contributed by atoms with E-state index < -0.39 is 0 Å². The van der Waals surface area contributed by atoms with Crippen LogP contribution in [0.1, 0.15) is 33.1 Å². The van der Waals surface area contributed by atoms with Crippen LogP contribution in [-0.2, 0) is 0 Å². The molecule has 1 aliphatic carbocycles. The van der Waals surface area contributed by atoms with E-state index in [1.54, 1.807) is 0 Å². The molecule has 0 amide bonds. The molecule has 7 heteroatoms. The Kier molecular flexibility index (Phi) is 4.73. The van der Waals surface area contributed by atoms with Gasteiger partial charge in [0, 0.05) is 6.54 Å². The van der Waals surface area contributed by atoms with E-state index in [0.29, 0.717) is 24.4 Å². The Hall–Kier alpha value is -1.63. The van der Waals surface area contributed by atoms with Crippen LogP contribution in [0.15, 0.2) is 0 Å². The quantitative estimate of drug-likeness (QED) is 0.529. The normalized spacial score (nSPS) is 22.3. The molecule has 19 heavy (non-hydrogen) atoms. The van der Waals surface area contributed by atoms with Gasteiger partial charge < -0.3 is 10.1 Å². The number of rotatable bonds is 6. The first kappa shape index (κ1) is 13.8. The van der Waals surface area contributed by atoms with Crippen LogP contribution in [0.2, 0.25) is 0 Å². The molecule has 1 heterocycles. The topological polar surface area (TPSA) is 98.0 Å². The summed E-state index contributed by atoms with van der Waals surface area (Å²) in [5.41, 5.74) is 2.42. The Morgan fingerprint density at radius 2 is 2.05 bits per heavy atom. The number of aromatic nitrogens is 3. The molecule has 1 aromatic heterocycles. The standard InChI is InChI=1S/C12H22N6O/c1-3-19-12-16-10(15-11(17-12)18-13)14-7-9-6-4-5-8(9)2/h8-9H,3-7,13H2,1-2H3,(H2,14,15,16,17,18). The van der Waals surface area contributed by atoms with Crippen molar-refractivity contribution in [1.29, 1.82) is 0 Å². The number of nitrogens with zero attached hydrogens (tertiary/aromatic N) is 3. The number of hydrogen-bond donors (Lipinski definition) is 3. The second kappa shape index (κ2) is 6.51. The van der Waals surface area contributed by atoms with Crippen LogP contribution in [0.3, 0.4) is 0 Å². The lowest BCUT2D eigenvalue weighted by molar-refractivity contribution is 0.312. The molecule has 4 N–H and O–H groups in total. The van der Waals surface area contributed by atoms with E-state index in [1.807, 2.05) is 6.92 Å². The molecule has 0 saturated heterocycles. The van der Waals surface area contributed by atoms with Crippen molar-refractivity contribution >= 4 is 11.9 Å². The van der Waals surface area contributed by atoms with Gasteiger partial charge in [-0.1, -0.05) is 19.8 Å². The van der Waals surface area contributed by atoms with Crippen molar-refractivity contribution in [2.24, 2.45) is 17.7 Å². The molecule has 1 aliphatic rings. The molecule has 0 radical (unpaired) electrons. The molecule has 7 nitrogen and oxygen atoms in total. The molecule has 106 valence electrons. The monoisotopic (exact) mass is 266 g/mol. The maximum absolute atomic E-state index is 5.34. The largest absolute Gasteiger partial charge is 0.464 e. The van der Waals surface area contributed by atoms with Crippen LogP contribution in [0.4, 0.5) is 11.9 Å². The molecule has 0 aromatic carbocycles. The zero-order valence-electron chi connectivity index (χ0n) is 11.5. The molecule has 2 rings (SSSR count). The molecular formula is C12H22N6O. The smallest absolute Gasteiger partial charge is 0.323 e. The van der Waals surface area contributed by atoms with E-state index in [9.17, 15) is 0 Å². The Bertz CT molecular complexity index is 413. The summed E-state index contributed by atoms with van der Waals surface area (Å²) >= 11 is 0. The highest BCUT2D eigenvalue weighted by atomic mass is 16.5. The second-order valence-corrected chi connectivity index (χ2v) is 4.89. The van der Waals surface area contributed by atoms with Gasteiger partial charge in [-0.25, -0.2) is 5.84 Å². The summed E-state index contributed by atoms with van der Waals surface area (Å²) in [4.78, 5) is 12.4. The number of hydrogen-bond acceptors (Lipinski definition) is 7. The fourth-order valence-electron chi connectivity index (χ4n) is 2.44. The van der Waals surface area contributed by atoms with E-state index >= 15 is 0 Å². The second-order valence-electron chi connectivity index (χ2n) is 4.89. The van der Waals surface area contributed by atoms with E-state index in [4.69, 9.17) is 10.6 Å². The summed E-state index contributed by atoms with van der Waals surface area (Å²) in [5, 5.41) is 3.25. The van der Waals surface area contributed by atoms with Gasteiger partial charge in [-0.3, -0.25) is 5.43 Å². The zero-order chi connectivity index (χ0) is 13.7. The van der Waals surface area contributed by atoms with Crippen molar-refractivity contribution in [3.8, 4) is 6.01 Å². The summed E-state index contributed by atoms with van der Waals surface area (Å²) in [6.45, 7) is 5.56. The summed E-state index contributed by atoms with van der Waals surface area (Å²) in [6, 6.07) is 0.285. The molecule has 1 saturated carbocycles. The molecule has 0 aliphatic heterocycles. The number of hydrazine groups is 1. The maximum atomic E-state index is 5.34. The number of nitrogens with one attached hydrogen (secondary N) is 2. The van der Waals surface area contributed by atoms with Crippen LogP contribution in [-0.4, -0.2) is 28.1 Å². The summed E-state index contributed by atoms with van der Waals surface area (Å²) in [7, 11) is 0. The SMILES string of the molecule is CCOc1nc(NN)nc(NCC2CCCC2C)n1. The van der Waals surface area contributed by atoms with Crippen molar-refractivity contribution in [2.45, 2.75) is 33.1 Å². The maximum Gasteiger partial charge on any atom is 0.323 e. The van der Waals surface area contributed by atoms with E-state index in [1.165, 1.54) is 19.3 Å². The predicted molar refractivity (Wildman–Crippen MR) is 73.8 cm³/mol. The van der Waals surface area contributed by atoms with Gasteiger partial charge in [0.1, 0.15) is 0 Å². The van der Waals surface area contributed by atoms with Gasteiger partial charge in [0.2, 0.25) is 11.9 Å². The minimum absolute atomic E-state index is 0.285. The molecule has 0 spiro atoms. The molecule has 2 atom stereocenters. The molecular weight excluding hydrogens is 244 g/mol. The number of nitrogens with two attached hydrogens (primary N) is 1. The Morgan fingerprint density at radius 1 is 1.26 bits per heavy atom. The first-order valence-corrected chi connectivity index (χ1v) is 6.82. The number of anilines is 2. The highest BCUT2D eigenvalue weighted by Crippen LogP contribution is 2.31. The highest BCUT2D eigenvalue weighted by Gasteiger charge is 2.23. The van der Waals surface area contributed by atoms with Crippen molar-refractivity contribution in [2.75, 3.05) is 23.9 Å². The average Bonchev–Trinajstić information content (AvgIpc) is 2.82. The number of nitrogen functional groups attached to an aromatic ring is 1. The molecule has 0 bridgehead atoms. The minimum atomic E-state index is 0.285. The Labute approximate surface area is 113 Å². The van der Waals surface area contributed by atoms with E-state index in [2.05, 4.69) is 32.6 Å². The van der Waals surface area contributed by atoms with Crippen LogP contribution >= 0.6 is 0 Å². The zero-order valence-corrected chi connectivity index (χ0v) is 11.5. The lowest BCUT2D eigenvalue weighted by Crippen LogP contribution is -2.19. The van der Waals surface area contributed by atoms with Crippen molar-refractivity contribution < 1.29 is 4.74 Å². The van der Waals surface area contributed by atoms with Gasteiger partial charge in [0.25, 0.3) is 0 Å². The van der Waals surface area contributed by atoms with E-state index in [-0.39, 0.29) is 6.01 Å². The molecule has 2 unspecified atom stereocenters. The summed E-state index contributed by atoms with van der Waals surface area (Å²) < 4.78 is 5.28. The van der Waals surface area contributed by atoms with E-state index in [0.717, 1.165) is 12.5 Å². The van der Waals surface area contributed by atoms with Gasteiger partial charge in [0.05, 0.1) is 6.61 Å². The Morgan fingerprint density at radius 3 is 2.68 bits per heavy atom. The lowest BCUT2D eigenvalue weighted by atomic mass is 9.98. The lowest BCUT2D eigenvalue weighted by Gasteiger charge is -2.16. The van der Waals surface area contributed by atoms with Crippen LogP contribution in [0.5, 0.6) is 6.01 Å². The summed E-state index contributed by atoms with van der Waals surface area (Å²) in [5.74, 6) is 7.59. The van der Waals surface area contributed by atoms with Gasteiger partial charge in [-0.2, -0.15) is 15.0 Å². The van der Waals surface area contributed by atoms with Crippen LogP contribution < -0.4 is 21.3 Å². The van der Waals surface area contributed by atoms with Crippen molar-refractivity contribution in [3.05, 3.63) is 0 Å². The minimum Gasteiger partial charge on any atom is -0.464 e. The van der Waals surface area contributed by atoms with Gasteiger partial charge >= 0.3 is 6.01 Å².